The lowest BCUT2D eigenvalue weighted by atomic mass is 10.0. The van der Waals surface area contributed by atoms with E-state index in [0.717, 1.165) is 41.6 Å². The minimum atomic E-state index is -0.259. The van der Waals surface area contributed by atoms with Gasteiger partial charge in [-0.15, -0.1) is 0 Å². The first-order valence-corrected chi connectivity index (χ1v) is 12.6. The van der Waals surface area contributed by atoms with Gasteiger partial charge in [0.05, 0.1) is 17.6 Å². The van der Waals surface area contributed by atoms with E-state index in [0.29, 0.717) is 17.1 Å². The minimum absolute atomic E-state index is 0.259. The fraction of sp³-hybridized carbons (Fsp3) is 0.345. The third kappa shape index (κ3) is 5.28. The quantitative estimate of drug-likeness (QED) is 0.538. The Bertz CT molecular complexity index is 1180. The van der Waals surface area contributed by atoms with E-state index in [1.54, 1.807) is 13.1 Å². The highest BCUT2D eigenvalue weighted by molar-refractivity contribution is 6.03. The van der Waals surface area contributed by atoms with Crippen molar-refractivity contribution in [1.29, 1.82) is 0 Å². The van der Waals surface area contributed by atoms with Gasteiger partial charge in [0, 0.05) is 36.1 Å². The smallest absolute Gasteiger partial charge is 0.276 e. The highest BCUT2D eigenvalue weighted by Gasteiger charge is 2.27. The SMILES string of the molecule is C=C(c1ccc(-c2cnc(C)c(C(=O)Nc3ccccc3)n2)cc1)N1CCC(N2CCCC2)CC1. The summed E-state index contributed by atoms with van der Waals surface area (Å²) in [7, 11) is 0. The number of benzene rings is 2. The first kappa shape index (κ1) is 23.2. The van der Waals surface area contributed by atoms with Crippen LogP contribution in [0.15, 0.2) is 67.4 Å². The van der Waals surface area contributed by atoms with E-state index >= 15 is 0 Å². The number of carbonyl (C=O) groups excluding carboxylic acids is 1. The number of anilines is 1. The van der Waals surface area contributed by atoms with Gasteiger partial charge in [-0.2, -0.15) is 0 Å². The minimum Gasteiger partial charge on any atom is -0.371 e. The highest BCUT2D eigenvalue weighted by atomic mass is 16.1. The number of para-hydroxylation sites is 1. The third-order valence-electron chi connectivity index (χ3n) is 7.22. The van der Waals surface area contributed by atoms with Gasteiger partial charge in [-0.05, 0) is 63.4 Å². The molecule has 5 rings (SSSR count). The maximum absolute atomic E-state index is 12.8. The number of amides is 1. The predicted molar refractivity (Wildman–Crippen MR) is 141 cm³/mol. The van der Waals surface area contributed by atoms with Crippen LogP contribution in [0, 0.1) is 6.92 Å². The van der Waals surface area contributed by atoms with E-state index in [1.807, 2.05) is 42.5 Å². The molecule has 2 aromatic carbocycles. The fourth-order valence-corrected chi connectivity index (χ4v) is 5.14. The number of carbonyl (C=O) groups is 1. The van der Waals surface area contributed by atoms with Gasteiger partial charge < -0.3 is 15.1 Å². The molecule has 6 nitrogen and oxygen atoms in total. The maximum atomic E-state index is 12.8. The second-order valence-corrected chi connectivity index (χ2v) is 9.49. The molecular weight excluding hydrogens is 434 g/mol. The summed E-state index contributed by atoms with van der Waals surface area (Å²) < 4.78 is 0. The molecule has 2 fully saturated rings. The van der Waals surface area contributed by atoms with Crippen molar-refractivity contribution < 1.29 is 4.79 Å². The molecular formula is C29H33N5O. The summed E-state index contributed by atoms with van der Waals surface area (Å²) in [6.07, 6.45) is 6.85. The van der Waals surface area contributed by atoms with Gasteiger partial charge in [0.1, 0.15) is 5.69 Å². The molecule has 1 aromatic heterocycles. The number of aromatic nitrogens is 2. The van der Waals surface area contributed by atoms with E-state index in [9.17, 15) is 4.79 Å². The Morgan fingerprint density at radius 3 is 2.34 bits per heavy atom. The van der Waals surface area contributed by atoms with E-state index < -0.39 is 0 Å². The molecule has 2 aliphatic rings. The molecule has 0 atom stereocenters. The number of aryl methyl sites for hydroxylation is 1. The summed E-state index contributed by atoms with van der Waals surface area (Å²) in [5, 5.41) is 2.90. The Hall–Kier alpha value is -3.51. The van der Waals surface area contributed by atoms with Crippen LogP contribution in [0.3, 0.4) is 0 Å². The Morgan fingerprint density at radius 2 is 1.66 bits per heavy atom. The van der Waals surface area contributed by atoms with Crippen LogP contribution < -0.4 is 5.32 Å². The maximum Gasteiger partial charge on any atom is 0.276 e. The molecule has 0 bridgehead atoms. The van der Waals surface area contributed by atoms with Crippen LogP contribution in [-0.2, 0) is 0 Å². The lowest BCUT2D eigenvalue weighted by Gasteiger charge is -2.38. The second-order valence-electron chi connectivity index (χ2n) is 9.49. The number of nitrogens with zero attached hydrogens (tertiary/aromatic N) is 4. The van der Waals surface area contributed by atoms with Crippen molar-refractivity contribution in [3.05, 3.63) is 84.3 Å². The molecule has 2 saturated heterocycles. The summed E-state index contributed by atoms with van der Waals surface area (Å²) >= 11 is 0. The molecule has 0 aliphatic carbocycles. The van der Waals surface area contributed by atoms with Crippen LogP contribution in [0.2, 0.25) is 0 Å². The number of nitrogens with one attached hydrogen (secondary N) is 1. The van der Waals surface area contributed by atoms with Crippen molar-refractivity contribution >= 4 is 17.3 Å². The zero-order valence-corrected chi connectivity index (χ0v) is 20.4. The largest absolute Gasteiger partial charge is 0.371 e. The zero-order chi connectivity index (χ0) is 24.2. The summed E-state index contributed by atoms with van der Waals surface area (Å²) in [5.41, 5.74) is 5.47. The van der Waals surface area contributed by atoms with Crippen LogP contribution in [0.4, 0.5) is 5.69 Å². The van der Waals surface area contributed by atoms with E-state index in [4.69, 9.17) is 0 Å². The molecule has 0 spiro atoms. The van der Waals surface area contributed by atoms with E-state index in [2.05, 4.69) is 43.8 Å². The Labute approximate surface area is 207 Å². The van der Waals surface area contributed by atoms with Gasteiger partial charge in [-0.25, -0.2) is 4.98 Å². The average Bonchev–Trinajstić information content (AvgIpc) is 3.44. The molecule has 35 heavy (non-hydrogen) atoms. The predicted octanol–water partition coefficient (Wildman–Crippen LogP) is 5.24. The number of hydrogen-bond donors (Lipinski definition) is 1. The molecule has 3 aromatic rings. The van der Waals surface area contributed by atoms with Crippen molar-refractivity contribution in [2.75, 3.05) is 31.5 Å². The first-order valence-electron chi connectivity index (χ1n) is 12.6. The van der Waals surface area contributed by atoms with Gasteiger partial charge in [0.25, 0.3) is 5.91 Å². The summed E-state index contributed by atoms with van der Waals surface area (Å²) in [6, 6.07) is 18.4. The number of piperidine rings is 1. The van der Waals surface area contributed by atoms with Crippen LogP contribution in [0.25, 0.3) is 17.0 Å². The van der Waals surface area contributed by atoms with E-state index in [-0.39, 0.29) is 5.91 Å². The standard InChI is InChI=1S/C29H33N5O/c1-21-28(29(35)31-25-8-4-3-5-9-25)32-27(20-30-21)24-12-10-23(11-13-24)22(2)33-18-14-26(15-19-33)34-16-6-7-17-34/h3-5,8-13,20,26H,2,6-7,14-19H2,1H3,(H,31,35). The summed E-state index contributed by atoms with van der Waals surface area (Å²) in [4.78, 5) is 27.0. The topological polar surface area (TPSA) is 61.4 Å². The summed E-state index contributed by atoms with van der Waals surface area (Å²) in [6.45, 7) is 10.9. The summed E-state index contributed by atoms with van der Waals surface area (Å²) in [5.74, 6) is -0.259. The number of likely N-dealkylation sites (tertiary alicyclic amines) is 2. The average molecular weight is 468 g/mol. The fourth-order valence-electron chi connectivity index (χ4n) is 5.14. The molecule has 3 heterocycles. The van der Waals surface area contributed by atoms with Crippen molar-refractivity contribution in [1.82, 2.24) is 19.8 Å². The lowest BCUT2D eigenvalue weighted by molar-refractivity contribution is 0.102. The van der Waals surface area contributed by atoms with Crippen LogP contribution in [-0.4, -0.2) is 57.9 Å². The molecule has 2 aliphatic heterocycles. The molecule has 0 unspecified atom stereocenters. The first-order chi connectivity index (χ1) is 17.1. The monoisotopic (exact) mass is 467 g/mol. The van der Waals surface area contributed by atoms with E-state index in [1.165, 1.54) is 38.8 Å². The van der Waals surface area contributed by atoms with Gasteiger partial charge in [0.15, 0.2) is 0 Å². The number of hydrogen-bond acceptors (Lipinski definition) is 5. The molecule has 0 radical (unpaired) electrons. The highest BCUT2D eigenvalue weighted by Crippen LogP contribution is 2.28. The van der Waals surface area contributed by atoms with Gasteiger partial charge in [-0.3, -0.25) is 9.78 Å². The normalized spacial score (nSPS) is 16.9. The van der Waals surface area contributed by atoms with Crippen LogP contribution in [0.5, 0.6) is 0 Å². The molecule has 6 heteroatoms. The molecule has 180 valence electrons. The molecule has 0 saturated carbocycles. The van der Waals surface area contributed by atoms with Gasteiger partial charge in [0.2, 0.25) is 0 Å². The zero-order valence-electron chi connectivity index (χ0n) is 20.4. The number of rotatable bonds is 6. The van der Waals surface area contributed by atoms with Crippen LogP contribution in [0.1, 0.15) is 47.4 Å². The Balaban J connectivity index is 1.25. The van der Waals surface area contributed by atoms with Crippen molar-refractivity contribution in [2.24, 2.45) is 0 Å². The molecule has 1 amide bonds. The van der Waals surface area contributed by atoms with Crippen LogP contribution >= 0.6 is 0 Å². The van der Waals surface area contributed by atoms with Crippen molar-refractivity contribution in [3.63, 3.8) is 0 Å². The van der Waals surface area contributed by atoms with Gasteiger partial charge in [-0.1, -0.05) is 49.0 Å². The molecule has 1 N–H and O–H groups in total. The Morgan fingerprint density at radius 1 is 0.971 bits per heavy atom. The lowest BCUT2D eigenvalue weighted by Crippen LogP contribution is -2.42. The Kier molecular flexibility index (Phi) is 6.91. The van der Waals surface area contributed by atoms with Crippen molar-refractivity contribution in [2.45, 2.75) is 38.6 Å². The second kappa shape index (κ2) is 10.4. The third-order valence-corrected chi connectivity index (χ3v) is 7.22. The van der Waals surface area contributed by atoms with Crippen molar-refractivity contribution in [3.8, 4) is 11.3 Å². The van der Waals surface area contributed by atoms with Gasteiger partial charge >= 0.3 is 0 Å².